The van der Waals surface area contributed by atoms with Crippen molar-refractivity contribution < 1.29 is 24.9 Å². The summed E-state index contributed by atoms with van der Waals surface area (Å²) < 4.78 is 2.05. The summed E-state index contributed by atoms with van der Waals surface area (Å²) in [5.74, 6) is -1.74. The quantitative estimate of drug-likeness (QED) is 0.536. The number of aryl methyl sites for hydroxylation is 1. The van der Waals surface area contributed by atoms with Gasteiger partial charge in [0, 0.05) is 48.6 Å². The number of rotatable bonds is 8. The van der Waals surface area contributed by atoms with Crippen molar-refractivity contribution in [3.05, 3.63) is 36.0 Å². The molecule has 7 heteroatoms. The van der Waals surface area contributed by atoms with Crippen LogP contribution in [0.15, 0.2) is 30.5 Å². The van der Waals surface area contributed by atoms with Gasteiger partial charge in [-0.05, 0) is 32.9 Å². The number of carboxylic acids is 2. The Kier molecular flexibility index (Phi) is 8.81. The largest absolute Gasteiger partial charge is 0.481 e. The molecule has 0 fully saturated rings. The Bertz CT molecular complexity index is 710. The van der Waals surface area contributed by atoms with Crippen LogP contribution in [0.1, 0.15) is 44.3 Å². The maximum absolute atomic E-state index is 10.2. The number of benzene rings is 1. The molecule has 0 aliphatic rings. The molecule has 1 aromatic heterocycles. The van der Waals surface area contributed by atoms with Crippen molar-refractivity contribution in [2.45, 2.75) is 44.8 Å². The van der Waals surface area contributed by atoms with E-state index < -0.39 is 18.0 Å². The standard InChI is InChI=1S/C13H18N2O.C6H10O4/c1-9(14-2)13(16)11-8-15(3)12-7-5-4-6-10(11)12;7-5(8)3-1-2-4-6(9)10/h4-9,13-14,16H,1-3H3;1-4H2,(H,7,8)(H,9,10)/t9-,13-;/m1./s1. The summed E-state index contributed by atoms with van der Waals surface area (Å²) in [4.78, 5) is 19.8. The molecule has 0 amide bonds. The highest BCUT2D eigenvalue weighted by molar-refractivity contribution is 5.84. The van der Waals surface area contributed by atoms with Gasteiger partial charge < -0.3 is 25.2 Å². The van der Waals surface area contributed by atoms with Crippen LogP contribution < -0.4 is 5.32 Å². The van der Waals surface area contributed by atoms with Crippen LogP contribution in [0.25, 0.3) is 10.9 Å². The molecule has 1 heterocycles. The Morgan fingerprint density at radius 1 is 1.12 bits per heavy atom. The van der Waals surface area contributed by atoms with E-state index in [1.54, 1.807) is 0 Å². The lowest BCUT2D eigenvalue weighted by Gasteiger charge is -2.17. The van der Waals surface area contributed by atoms with Gasteiger partial charge in [-0.15, -0.1) is 0 Å². The molecule has 0 unspecified atom stereocenters. The van der Waals surface area contributed by atoms with E-state index in [0.717, 1.165) is 16.5 Å². The van der Waals surface area contributed by atoms with Crippen LogP contribution >= 0.6 is 0 Å². The van der Waals surface area contributed by atoms with Crippen molar-refractivity contribution in [2.75, 3.05) is 7.05 Å². The molecular formula is C19H28N2O5. The fourth-order valence-corrected chi connectivity index (χ4v) is 2.59. The second-order valence-electron chi connectivity index (χ2n) is 6.23. The number of aliphatic hydroxyl groups excluding tert-OH is 1. The zero-order valence-electron chi connectivity index (χ0n) is 15.5. The van der Waals surface area contributed by atoms with Gasteiger partial charge in [0.05, 0.1) is 6.10 Å². The first-order valence-electron chi connectivity index (χ1n) is 8.60. The Morgan fingerprint density at radius 2 is 1.65 bits per heavy atom. The second-order valence-corrected chi connectivity index (χ2v) is 6.23. The number of hydrogen-bond donors (Lipinski definition) is 4. The number of likely N-dealkylation sites (N-methyl/N-ethyl adjacent to an activating group) is 1. The van der Waals surface area contributed by atoms with Crippen LogP contribution in [0.5, 0.6) is 0 Å². The van der Waals surface area contributed by atoms with Crippen LogP contribution in [-0.2, 0) is 16.6 Å². The van der Waals surface area contributed by atoms with Gasteiger partial charge in [0.15, 0.2) is 0 Å². The summed E-state index contributed by atoms with van der Waals surface area (Å²) in [6.45, 7) is 1.98. The van der Waals surface area contributed by atoms with Crippen molar-refractivity contribution in [3.8, 4) is 0 Å². The van der Waals surface area contributed by atoms with E-state index in [-0.39, 0.29) is 18.9 Å². The molecule has 2 rings (SSSR count). The molecule has 1 aromatic carbocycles. The van der Waals surface area contributed by atoms with Gasteiger partial charge in [0.25, 0.3) is 0 Å². The van der Waals surface area contributed by atoms with E-state index >= 15 is 0 Å². The van der Waals surface area contributed by atoms with Crippen LogP contribution in [0.4, 0.5) is 0 Å². The van der Waals surface area contributed by atoms with E-state index in [0.29, 0.717) is 12.8 Å². The Morgan fingerprint density at radius 3 is 2.15 bits per heavy atom. The smallest absolute Gasteiger partial charge is 0.303 e. The minimum absolute atomic E-state index is 0.0470. The lowest BCUT2D eigenvalue weighted by Crippen LogP contribution is -2.28. The summed E-state index contributed by atoms with van der Waals surface area (Å²) in [5, 5.41) is 30.7. The summed E-state index contributed by atoms with van der Waals surface area (Å²) in [6.07, 6.45) is 2.54. The number of para-hydroxylation sites is 1. The molecule has 0 radical (unpaired) electrons. The zero-order chi connectivity index (χ0) is 19.7. The number of nitrogens with zero attached hydrogens (tertiary/aromatic N) is 1. The number of aliphatic carboxylic acids is 2. The van der Waals surface area contributed by atoms with E-state index in [4.69, 9.17) is 10.2 Å². The molecule has 144 valence electrons. The number of aromatic nitrogens is 1. The summed E-state index contributed by atoms with van der Waals surface area (Å²) in [5.41, 5.74) is 2.14. The first-order chi connectivity index (χ1) is 12.3. The number of carboxylic acid groups (broad SMARTS) is 2. The molecule has 0 saturated carbocycles. The van der Waals surface area contributed by atoms with Gasteiger partial charge in [-0.3, -0.25) is 9.59 Å². The molecule has 4 N–H and O–H groups in total. The van der Waals surface area contributed by atoms with E-state index in [9.17, 15) is 14.7 Å². The molecule has 7 nitrogen and oxygen atoms in total. The average Bonchev–Trinajstić information content (AvgIpc) is 2.95. The van der Waals surface area contributed by atoms with Gasteiger partial charge in [-0.2, -0.15) is 0 Å². The van der Waals surface area contributed by atoms with Crippen molar-refractivity contribution >= 4 is 22.8 Å². The second kappa shape index (κ2) is 10.6. The van der Waals surface area contributed by atoms with Crippen LogP contribution in [0.2, 0.25) is 0 Å². The summed E-state index contributed by atoms with van der Waals surface area (Å²) >= 11 is 0. The third-order valence-electron chi connectivity index (χ3n) is 4.21. The first kappa shape index (κ1) is 21.7. The number of aliphatic hydroxyl groups is 1. The normalized spacial score (nSPS) is 12.9. The monoisotopic (exact) mass is 364 g/mol. The zero-order valence-corrected chi connectivity index (χ0v) is 15.5. The highest BCUT2D eigenvalue weighted by atomic mass is 16.4. The van der Waals surface area contributed by atoms with Gasteiger partial charge >= 0.3 is 11.9 Å². The van der Waals surface area contributed by atoms with Crippen LogP contribution in [-0.4, -0.2) is 44.9 Å². The third-order valence-corrected chi connectivity index (χ3v) is 4.21. The predicted octanol–water partition coefficient (Wildman–Crippen LogP) is 2.54. The molecule has 2 atom stereocenters. The van der Waals surface area contributed by atoms with Crippen molar-refractivity contribution in [2.24, 2.45) is 7.05 Å². The molecule has 0 saturated heterocycles. The maximum Gasteiger partial charge on any atom is 0.303 e. The van der Waals surface area contributed by atoms with Crippen LogP contribution in [0.3, 0.4) is 0 Å². The van der Waals surface area contributed by atoms with Gasteiger partial charge in [0.2, 0.25) is 0 Å². The maximum atomic E-state index is 10.2. The number of hydrogen-bond acceptors (Lipinski definition) is 4. The van der Waals surface area contributed by atoms with Crippen molar-refractivity contribution in [3.63, 3.8) is 0 Å². The fourth-order valence-electron chi connectivity index (χ4n) is 2.59. The van der Waals surface area contributed by atoms with E-state index in [2.05, 4.69) is 22.0 Å². The summed E-state index contributed by atoms with van der Waals surface area (Å²) in [6, 6.07) is 8.18. The lowest BCUT2D eigenvalue weighted by atomic mass is 10.0. The number of fused-ring (bicyclic) bond motifs is 1. The third kappa shape index (κ3) is 6.50. The molecular weight excluding hydrogens is 336 g/mol. The Labute approximate surface area is 153 Å². The average molecular weight is 364 g/mol. The van der Waals surface area contributed by atoms with Crippen molar-refractivity contribution in [1.82, 2.24) is 9.88 Å². The minimum Gasteiger partial charge on any atom is -0.481 e. The van der Waals surface area contributed by atoms with E-state index in [1.807, 2.05) is 39.3 Å². The Hall–Kier alpha value is -2.38. The van der Waals surface area contributed by atoms with Gasteiger partial charge in [-0.1, -0.05) is 18.2 Å². The van der Waals surface area contributed by atoms with Gasteiger partial charge in [0.1, 0.15) is 0 Å². The molecule has 0 spiro atoms. The molecule has 0 bridgehead atoms. The van der Waals surface area contributed by atoms with Crippen LogP contribution in [0, 0.1) is 0 Å². The number of carbonyl (C=O) groups is 2. The first-order valence-corrected chi connectivity index (χ1v) is 8.60. The SMILES string of the molecule is CN[C@H](C)[C@@H](O)c1cn(C)c2ccccc12.O=C(O)CCCCC(=O)O. The molecule has 0 aliphatic carbocycles. The Balaban J connectivity index is 0.000000294. The lowest BCUT2D eigenvalue weighted by molar-refractivity contribution is -0.139. The molecule has 2 aromatic rings. The minimum atomic E-state index is -0.870. The highest BCUT2D eigenvalue weighted by Crippen LogP contribution is 2.27. The topological polar surface area (TPSA) is 112 Å². The predicted molar refractivity (Wildman–Crippen MR) is 100 cm³/mol. The number of nitrogens with one attached hydrogen (secondary N) is 1. The highest BCUT2D eigenvalue weighted by Gasteiger charge is 2.18. The molecule has 26 heavy (non-hydrogen) atoms. The van der Waals surface area contributed by atoms with Crippen molar-refractivity contribution in [1.29, 1.82) is 0 Å². The number of unbranched alkanes of at least 4 members (excludes halogenated alkanes) is 1. The van der Waals surface area contributed by atoms with Gasteiger partial charge in [-0.25, -0.2) is 0 Å². The van der Waals surface area contributed by atoms with E-state index in [1.165, 1.54) is 0 Å². The molecule has 0 aliphatic heterocycles. The summed E-state index contributed by atoms with van der Waals surface area (Å²) in [7, 11) is 3.86. The fraction of sp³-hybridized carbons (Fsp3) is 0.474.